The highest BCUT2D eigenvalue weighted by Gasteiger charge is 2.24. The molecule has 25 aromatic rings. The molecule has 0 fully saturated rings. The van der Waals surface area contributed by atoms with Gasteiger partial charge in [0.25, 0.3) is 16.8 Å². The van der Waals surface area contributed by atoms with Gasteiger partial charge in [0.1, 0.15) is 28.6 Å². The standard InChI is InChI=1S/C28H19N.C27H19NO2.C27H17NO.C16H11NO3.C16H13NO.C11H7ClO/c1-18-7-6-12-25-26(18)27-23-11-5-4-9-20(23)15-16-24(27)28(29-25)22-14-13-19-8-2-3-10-21(19)17-22;29-25-14-6-13-24(26(25)23-12-5-10-19-8-3-4-11-22(19)23)28-27(30)21-16-15-18-7-1-2-9-20(18)17-21;29-24-11-5-10-23-26(24)25-21-9-4-3-7-18(21)14-15-22(25)27(28-23)20-13-12-17-6-1-2-8-19(17)16-20;18-15-10-4-9-14(17(19)20)16(15)13-8-3-6-11-5-1-2-7-12(11)13;17-14-9-4-10-15(18)16(14)13-8-3-6-11-5-1-2-7-12(11)13;12-11(13)10-6-5-8-3-1-2-4-9(8)7-10/h2-17H,1H3;1-17,29H,(H,28,30);1-16,29H;1-10,18H;1-10,18H,17H2;1-7H. The van der Waals surface area contributed by atoms with Gasteiger partial charge in [-0.25, -0.2) is 9.97 Å². The molecular formula is C125H86ClN5O8. The molecule has 23 aromatic carbocycles. The van der Waals surface area contributed by atoms with Crippen molar-refractivity contribution in [1.29, 1.82) is 0 Å². The lowest BCUT2D eigenvalue weighted by Crippen LogP contribution is -2.12. The van der Waals surface area contributed by atoms with E-state index >= 15 is 0 Å². The van der Waals surface area contributed by atoms with Crippen LogP contribution in [0.4, 0.5) is 17.1 Å². The number of aromatic nitrogens is 2. The Balaban J connectivity index is 0.000000105. The Morgan fingerprint density at radius 3 is 1.10 bits per heavy atom. The molecule has 1 amide bonds. The molecule has 0 unspecified atom stereocenters. The van der Waals surface area contributed by atoms with Crippen LogP contribution in [0.5, 0.6) is 23.0 Å². The van der Waals surface area contributed by atoms with Crippen LogP contribution in [0.25, 0.3) is 196 Å². The average Bonchev–Trinajstić information content (AvgIpc) is 0.734. The van der Waals surface area contributed by atoms with E-state index in [4.69, 9.17) is 27.3 Å². The number of anilines is 2. The van der Waals surface area contributed by atoms with Gasteiger partial charge in [-0.1, -0.05) is 370 Å². The number of phenols is 4. The number of amides is 1. The SMILES string of the molecule is Cc1cccc2nc(-c3ccc4ccccc4c3)c3ccc4ccccc4c3c12.Nc1cccc(O)c1-c1cccc2ccccc12.O=C(Cl)c1ccc2ccccc2c1.O=C(Nc1cccc(O)c1-c1cccc2ccccc12)c1ccc2ccccc2c1.O=[N+]([O-])c1cccc(O)c1-c1cccc2ccccc12.Oc1cccc2nc(-c3ccc4ccccc4c3)c3ccc4ccccc4c3c12. The van der Waals surface area contributed by atoms with Crippen molar-refractivity contribution in [2.24, 2.45) is 0 Å². The first-order valence-corrected chi connectivity index (χ1v) is 45.8. The summed E-state index contributed by atoms with van der Waals surface area (Å²) in [4.78, 5) is 44.7. The molecule has 13 nitrogen and oxygen atoms in total. The number of rotatable bonds is 9. The lowest BCUT2D eigenvalue weighted by molar-refractivity contribution is -0.384. The molecule has 0 radical (unpaired) electrons. The van der Waals surface area contributed by atoms with Crippen molar-refractivity contribution in [3.8, 4) is 78.9 Å². The normalized spacial score (nSPS) is 11.1. The van der Waals surface area contributed by atoms with Crippen LogP contribution >= 0.6 is 11.6 Å². The Bertz CT molecular complexity index is 8890. The van der Waals surface area contributed by atoms with Crippen LogP contribution in [0.3, 0.4) is 0 Å². The van der Waals surface area contributed by atoms with E-state index in [2.05, 4.69) is 188 Å². The third-order valence-corrected chi connectivity index (χ3v) is 25.6. The number of nitro benzene ring substituents is 1. The van der Waals surface area contributed by atoms with Crippen LogP contribution in [0.1, 0.15) is 26.3 Å². The second-order valence-corrected chi connectivity index (χ2v) is 34.2. The van der Waals surface area contributed by atoms with E-state index < -0.39 is 10.2 Å². The number of aryl methyl sites for hydroxylation is 1. The lowest BCUT2D eigenvalue weighted by Gasteiger charge is -2.15. The van der Waals surface area contributed by atoms with Gasteiger partial charge in [0.05, 0.1) is 38.4 Å². The number of nitrogens with zero attached hydrogens (tertiary/aromatic N) is 3. The van der Waals surface area contributed by atoms with Crippen LogP contribution < -0.4 is 11.1 Å². The molecule has 0 aliphatic heterocycles. The molecule has 2 aromatic heterocycles. The van der Waals surface area contributed by atoms with Crippen molar-refractivity contribution in [3.05, 3.63) is 488 Å². The zero-order valence-corrected chi connectivity index (χ0v) is 75.9. The van der Waals surface area contributed by atoms with Crippen LogP contribution in [0.15, 0.2) is 461 Å². The number of benzene rings is 23. The minimum Gasteiger partial charge on any atom is -0.507 e. The van der Waals surface area contributed by atoms with Crippen molar-refractivity contribution in [2.45, 2.75) is 6.92 Å². The Morgan fingerprint density at radius 2 is 0.626 bits per heavy atom. The van der Waals surface area contributed by atoms with Gasteiger partial charge in [0.2, 0.25) is 0 Å². The van der Waals surface area contributed by atoms with E-state index in [1.807, 2.05) is 212 Å². The molecule has 0 saturated carbocycles. The highest BCUT2D eigenvalue weighted by atomic mass is 35.5. The summed E-state index contributed by atoms with van der Waals surface area (Å²) in [5.74, 6) is 0.304. The van der Waals surface area contributed by atoms with Crippen LogP contribution in [0.2, 0.25) is 0 Å². The molecule has 7 N–H and O–H groups in total. The maximum atomic E-state index is 13.0. The maximum Gasteiger partial charge on any atom is 0.280 e. The second kappa shape index (κ2) is 39.0. The molecule has 0 aliphatic carbocycles. The fourth-order valence-corrected chi connectivity index (χ4v) is 18.9. The number of fused-ring (bicyclic) bond motifs is 17. The first-order chi connectivity index (χ1) is 68.0. The highest BCUT2D eigenvalue weighted by molar-refractivity contribution is 6.67. The molecule has 2 heterocycles. The number of pyridine rings is 2. The van der Waals surface area contributed by atoms with Gasteiger partial charge in [-0.05, 0) is 217 Å². The summed E-state index contributed by atoms with van der Waals surface area (Å²) in [5.41, 5.74) is 19.6. The van der Waals surface area contributed by atoms with E-state index in [0.717, 1.165) is 125 Å². The zero-order valence-electron chi connectivity index (χ0n) is 75.1. The van der Waals surface area contributed by atoms with Crippen LogP contribution in [-0.4, -0.2) is 46.5 Å². The molecule has 666 valence electrons. The number of hydrogen-bond acceptors (Lipinski definition) is 11. The van der Waals surface area contributed by atoms with Gasteiger partial charge in [0.15, 0.2) is 0 Å². The third kappa shape index (κ3) is 18.1. The Hall–Kier alpha value is -18.4. The molecule has 0 bridgehead atoms. The summed E-state index contributed by atoms with van der Waals surface area (Å²) in [5, 5.41) is 82.0. The fraction of sp³-hybridized carbons (Fsp3) is 0.00800. The molecule has 14 heteroatoms. The number of nitrogens with one attached hydrogen (secondary N) is 1. The summed E-state index contributed by atoms with van der Waals surface area (Å²) >= 11 is 5.36. The quantitative estimate of drug-likeness (QED) is 0.0262. The number of carbonyl (C=O) groups excluding carboxylic acids is 2. The predicted molar refractivity (Wildman–Crippen MR) is 576 cm³/mol. The predicted octanol–water partition coefficient (Wildman–Crippen LogP) is 32.5. The summed E-state index contributed by atoms with van der Waals surface area (Å²) in [7, 11) is 0. The van der Waals surface area contributed by atoms with E-state index in [1.165, 1.54) is 72.2 Å². The molecule has 0 spiro atoms. The number of carbonyl (C=O) groups is 2. The van der Waals surface area contributed by atoms with Crippen molar-refractivity contribution in [2.75, 3.05) is 11.1 Å². The number of hydrogen-bond donors (Lipinski definition) is 6. The molecule has 0 atom stereocenters. The van der Waals surface area contributed by atoms with Crippen molar-refractivity contribution >= 4 is 180 Å². The topological polar surface area (TPSA) is 222 Å². The smallest absolute Gasteiger partial charge is 0.280 e. The van der Waals surface area contributed by atoms with E-state index in [0.29, 0.717) is 39.2 Å². The number of nitro groups is 1. The molecule has 0 aliphatic rings. The minimum atomic E-state index is -0.475. The minimum absolute atomic E-state index is 0.0875. The number of aromatic hydroxyl groups is 4. The summed E-state index contributed by atoms with van der Waals surface area (Å²) in [6.45, 7) is 2.18. The second-order valence-electron chi connectivity index (χ2n) is 33.9. The number of nitrogen functional groups attached to an aromatic ring is 1. The molecule has 0 saturated heterocycles. The zero-order chi connectivity index (χ0) is 95.2. The monoisotopic (exact) mass is 1820 g/mol. The number of halogens is 1. The molecule has 139 heavy (non-hydrogen) atoms. The van der Waals surface area contributed by atoms with Crippen LogP contribution in [0, 0.1) is 17.0 Å². The molecule has 25 rings (SSSR count). The van der Waals surface area contributed by atoms with Gasteiger partial charge in [-0.3, -0.25) is 19.7 Å². The number of phenolic OH excluding ortho intramolecular Hbond substituents is 4. The van der Waals surface area contributed by atoms with Gasteiger partial charge >= 0.3 is 0 Å². The lowest BCUT2D eigenvalue weighted by atomic mass is 9.93. The van der Waals surface area contributed by atoms with Gasteiger partial charge in [-0.15, -0.1) is 0 Å². The van der Waals surface area contributed by atoms with Gasteiger partial charge in [0, 0.05) is 77.6 Å². The summed E-state index contributed by atoms with van der Waals surface area (Å²) in [6.07, 6.45) is 0. The first kappa shape index (κ1) is 88.5. The van der Waals surface area contributed by atoms with E-state index in [9.17, 15) is 40.1 Å². The van der Waals surface area contributed by atoms with Crippen molar-refractivity contribution in [1.82, 2.24) is 9.97 Å². The molecular weight excluding hydrogens is 1730 g/mol. The highest BCUT2D eigenvalue weighted by Crippen LogP contribution is 2.47. The summed E-state index contributed by atoms with van der Waals surface area (Å²) < 4.78 is 0. The van der Waals surface area contributed by atoms with Gasteiger partial charge < -0.3 is 31.5 Å². The van der Waals surface area contributed by atoms with Crippen molar-refractivity contribution < 1.29 is 34.9 Å². The average molecular weight is 1820 g/mol. The van der Waals surface area contributed by atoms with E-state index in [-0.39, 0.29) is 40.2 Å². The first-order valence-electron chi connectivity index (χ1n) is 45.4. The fourth-order valence-electron chi connectivity index (χ4n) is 18.8. The van der Waals surface area contributed by atoms with Crippen LogP contribution in [-0.2, 0) is 0 Å². The largest absolute Gasteiger partial charge is 0.507 e. The van der Waals surface area contributed by atoms with Crippen molar-refractivity contribution in [3.63, 3.8) is 0 Å². The Kier molecular flexibility index (Phi) is 24.8. The maximum absolute atomic E-state index is 13.0. The Morgan fingerprint density at radius 1 is 0.295 bits per heavy atom. The van der Waals surface area contributed by atoms with Gasteiger partial charge in [-0.2, -0.15) is 0 Å². The third-order valence-electron chi connectivity index (χ3n) is 25.4. The van der Waals surface area contributed by atoms with E-state index in [1.54, 1.807) is 54.6 Å². The number of nitrogens with two attached hydrogens (primary N) is 1. The summed E-state index contributed by atoms with van der Waals surface area (Å²) in [6, 6.07) is 150. The Labute approximate surface area is 804 Å².